The highest BCUT2D eigenvalue weighted by molar-refractivity contribution is 5.68. The Morgan fingerprint density at radius 3 is 1.58 bits per heavy atom. The van der Waals surface area contributed by atoms with Crippen LogP contribution in [-0.4, -0.2) is 23.8 Å². The molecule has 0 bridgehead atoms. The van der Waals surface area contributed by atoms with Crippen molar-refractivity contribution in [3.05, 3.63) is 108 Å². The highest BCUT2D eigenvalue weighted by Crippen LogP contribution is 2.38. The molecule has 2 atom stereocenters. The van der Waals surface area contributed by atoms with E-state index in [0.717, 1.165) is 19.3 Å². The number of hydrogen-bond acceptors (Lipinski definition) is 3. The van der Waals surface area contributed by atoms with Gasteiger partial charge >= 0.3 is 6.09 Å². The Kier molecular flexibility index (Phi) is 6.85. The molecule has 0 heterocycles. The number of alkyl carbamates (subject to hydrolysis) is 1. The lowest BCUT2D eigenvalue weighted by Crippen LogP contribution is -2.49. The Labute approximate surface area is 197 Å². The van der Waals surface area contributed by atoms with Crippen LogP contribution in [0.4, 0.5) is 4.79 Å². The first-order chi connectivity index (χ1) is 15.9. The lowest BCUT2D eigenvalue weighted by Gasteiger charge is -2.39. The first-order valence-corrected chi connectivity index (χ1v) is 11.8. The van der Waals surface area contributed by atoms with E-state index in [9.17, 15) is 4.79 Å². The quantitative estimate of drug-likeness (QED) is 0.459. The minimum atomic E-state index is -0.497. The van der Waals surface area contributed by atoms with E-state index in [2.05, 4.69) is 102 Å². The molecule has 1 aliphatic rings. The Morgan fingerprint density at radius 2 is 1.15 bits per heavy atom. The number of amides is 1. The molecule has 0 radical (unpaired) electrons. The first kappa shape index (κ1) is 23.1. The van der Waals surface area contributed by atoms with Crippen LogP contribution in [-0.2, 0) is 10.3 Å². The zero-order valence-electron chi connectivity index (χ0n) is 19.8. The summed E-state index contributed by atoms with van der Waals surface area (Å²) in [7, 11) is 0. The monoisotopic (exact) mass is 442 g/mol. The fraction of sp³-hybridized carbons (Fsp3) is 0.345. The molecular formula is C29H34N2O2. The Hall–Kier alpha value is -3.11. The third kappa shape index (κ3) is 5.45. The van der Waals surface area contributed by atoms with Gasteiger partial charge in [-0.2, -0.15) is 0 Å². The number of nitrogens with one attached hydrogen (secondary N) is 2. The molecule has 1 aliphatic carbocycles. The zero-order valence-corrected chi connectivity index (χ0v) is 19.8. The highest BCUT2D eigenvalue weighted by Gasteiger charge is 2.40. The largest absolute Gasteiger partial charge is 0.444 e. The van der Waals surface area contributed by atoms with Crippen LogP contribution in [0.5, 0.6) is 0 Å². The van der Waals surface area contributed by atoms with E-state index in [1.54, 1.807) is 0 Å². The molecule has 2 N–H and O–H groups in total. The van der Waals surface area contributed by atoms with Crippen LogP contribution in [0.15, 0.2) is 91.0 Å². The van der Waals surface area contributed by atoms with E-state index in [-0.39, 0.29) is 18.2 Å². The third-order valence-electron chi connectivity index (χ3n) is 6.19. The summed E-state index contributed by atoms with van der Waals surface area (Å²) in [6, 6.07) is 32.2. The summed E-state index contributed by atoms with van der Waals surface area (Å²) >= 11 is 0. The fourth-order valence-corrected chi connectivity index (χ4v) is 4.84. The van der Waals surface area contributed by atoms with Crippen LogP contribution < -0.4 is 10.6 Å². The van der Waals surface area contributed by atoms with Crippen molar-refractivity contribution in [2.45, 2.75) is 63.3 Å². The lowest BCUT2D eigenvalue weighted by molar-refractivity contribution is 0.0505. The molecule has 0 aromatic heterocycles. The third-order valence-corrected chi connectivity index (χ3v) is 6.19. The van der Waals surface area contributed by atoms with E-state index < -0.39 is 11.1 Å². The molecule has 33 heavy (non-hydrogen) atoms. The normalized spacial score (nSPS) is 18.6. The average Bonchev–Trinajstić information content (AvgIpc) is 3.24. The van der Waals surface area contributed by atoms with Gasteiger partial charge in [-0.1, -0.05) is 91.0 Å². The van der Waals surface area contributed by atoms with Gasteiger partial charge in [-0.25, -0.2) is 4.79 Å². The molecule has 4 nitrogen and oxygen atoms in total. The second kappa shape index (κ2) is 9.80. The SMILES string of the molecule is CC(C)(C)OC(=O)N[C@@H]1CC[C@H](NC(c2ccccc2)(c2ccccc2)c2ccccc2)C1. The van der Waals surface area contributed by atoms with Crippen LogP contribution in [0, 0.1) is 0 Å². The van der Waals surface area contributed by atoms with Gasteiger partial charge in [0.15, 0.2) is 0 Å². The molecule has 3 aromatic carbocycles. The van der Waals surface area contributed by atoms with E-state index in [1.165, 1.54) is 16.7 Å². The molecule has 4 heteroatoms. The number of carbonyl (C=O) groups excluding carboxylic acids is 1. The second-order valence-corrected chi connectivity index (χ2v) is 9.85. The highest BCUT2D eigenvalue weighted by atomic mass is 16.6. The van der Waals surface area contributed by atoms with Crippen molar-refractivity contribution in [3.63, 3.8) is 0 Å². The molecular weight excluding hydrogens is 408 g/mol. The zero-order chi connectivity index (χ0) is 23.3. The first-order valence-electron chi connectivity index (χ1n) is 11.8. The van der Waals surface area contributed by atoms with Crippen molar-refractivity contribution in [3.8, 4) is 0 Å². The molecule has 0 aliphatic heterocycles. The maximum atomic E-state index is 12.3. The van der Waals surface area contributed by atoms with Gasteiger partial charge in [0.25, 0.3) is 0 Å². The average molecular weight is 443 g/mol. The van der Waals surface area contributed by atoms with Gasteiger partial charge in [0, 0.05) is 12.1 Å². The standard InChI is InChI=1S/C29H34N2O2/c1-28(2,3)33-27(32)30-25-19-20-26(21-25)31-29(22-13-7-4-8-14-22,23-15-9-5-10-16-23)24-17-11-6-12-18-24/h4-18,25-26,31H,19-21H2,1-3H3,(H,30,32)/t25-,26+/m1/s1. The van der Waals surface area contributed by atoms with Gasteiger partial charge in [-0.05, 0) is 56.7 Å². The summed E-state index contributed by atoms with van der Waals surface area (Å²) in [6.45, 7) is 5.67. The molecule has 4 rings (SSSR count). The van der Waals surface area contributed by atoms with Gasteiger partial charge in [0.1, 0.15) is 5.60 Å². The van der Waals surface area contributed by atoms with Crippen molar-refractivity contribution in [1.29, 1.82) is 0 Å². The summed E-state index contributed by atoms with van der Waals surface area (Å²) in [6.07, 6.45) is 2.42. The Morgan fingerprint density at radius 1 is 0.727 bits per heavy atom. The second-order valence-electron chi connectivity index (χ2n) is 9.85. The van der Waals surface area contributed by atoms with Crippen LogP contribution in [0.2, 0.25) is 0 Å². The summed E-state index contributed by atoms with van der Waals surface area (Å²) in [5, 5.41) is 7.11. The molecule has 0 unspecified atom stereocenters. The van der Waals surface area contributed by atoms with Gasteiger partial charge in [0.2, 0.25) is 0 Å². The fourth-order valence-electron chi connectivity index (χ4n) is 4.84. The van der Waals surface area contributed by atoms with E-state index >= 15 is 0 Å². The molecule has 0 saturated heterocycles. The van der Waals surface area contributed by atoms with E-state index in [0.29, 0.717) is 0 Å². The predicted octanol–water partition coefficient (Wildman–Crippen LogP) is 6.01. The van der Waals surface area contributed by atoms with Crippen LogP contribution >= 0.6 is 0 Å². The molecule has 172 valence electrons. The van der Waals surface area contributed by atoms with Gasteiger partial charge in [-0.15, -0.1) is 0 Å². The molecule has 1 amide bonds. The Bertz CT molecular complexity index is 933. The molecule has 3 aromatic rings. The molecule has 1 saturated carbocycles. The molecule has 1 fully saturated rings. The number of hydrogen-bond donors (Lipinski definition) is 2. The number of ether oxygens (including phenoxy) is 1. The van der Waals surface area contributed by atoms with Crippen molar-refractivity contribution in [1.82, 2.24) is 10.6 Å². The van der Waals surface area contributed by atoms with Crippen molar-refractivity contribution < 1.29 is 9.53 Å². The van der Waals surface area contributed by atoms with E-state index in [1.807, 2.05) is 20.8 Å². The summed E-state index contributed by atoms with van der Waals surface area (Å²) < 4.78 is 5.47. The number of benzene rings is 3. The van der Waals surface area contributed by atoms with E-state index in [4.69, 9.17) is 4.74 Å². The molecule has 0 spiro atoms. The topological polar surface area (TPSA) is 50.4 Å². The van der Waals surface area contributed by atoms with Crippen molar-refractivity contribution in [2.24, 2.45) is 0 Å². The van der Waals surface area contributed by atoms with Gasteiger partial charge in [0.05, 0.1) is 5.54 Å². The van der Waals surface area contributed by atoms with Crippen LogP contribution in [0.1, 0.15) is 56.7 Å². The van der Waals surface area contributed by atoms with Crippen LogP contribution in [0.25, 0.3) is 0 Å². The lowest BCUT2D eigenvalue weighted by atomic mass is 9.76. The number of carbonyl (C=O) groups is 1. The Balaban J connectivity index is 1.65. The van der Waals surface area contributed by atoms with Gasteiger partial charge in [-0.3, -0.25) is 5.32 Å². The number of rotatable bonds is 6. The maximum absolute atomic E-state index is 12.3. The predicted molar refractivity (Wildman–Crippen MR) is 133 cm³/mol. The van der Waals surface area contributed by atoms with Crippen molar-refractivity contribution in [2.75, 3.05) is 0 Å². The maximum Gasteiger partial charge on any atom is 0.407 e. The minimum absolute atomic E-state index is 0.0948. The summed E-state index contributed by atoms with van der Waals surface area (Å²) in [4.78, 5) is 12.3. The summed E-state index contributed by atoms with van der Waals surface area (Å²) in [5.41, 5.74) is 2.61. The minimum Gasteiger partial charge on any atom is -0.444 e. The smallest absolute Gasteiger partial charge is 0.407 e. The van der Waals surface area contributed by atoms with Crippen molar-refractivity contribution >= 4 is 6.09 Å². The summed E-state index contributed by atoms with van der Waals surface area (Å²) in [5.74, 6) is 0. The van der Waals surface area contributed by atoms with Crippen LogP contribution in [0.3, 0.4) is 0 Å². The van der Waals surface area contributed by atoms with Gasteiger partial charge < -0.3 is 10.1 Å².